The average molecular weight is 382 g/mol. The molecule has 2 aliphatic rings. The van der Waals surface area contributed by atoms with E-state index in [1.165, 1.54) is 7.11 Å². The van der Waals surface area contributed by atoms with Crippen LogP contribution in [0.15, 0.2) is 29.2 Å². The third kappa shape index (κ3) is 3.79. The van der Waals surface area contributed by atoms with Crippen LogP contribution >= 0.6 is 0 Å². The van der Waals surface area contributed by atoms with Gasteiger partial charge in [0.1, 0.15) is 5.56 Å². The Hall–Kier alpha value is -2.70. The van der Waals surface area contributed by atoms with E-state index >= 15 is 0 Å². The third-order valence-corrected chi connectivity index (χ3v) is 5.80. The number of piperidine rings is 1. The van der Waals surface area contributed by atoms with Crippen LogP contribution in [-0.2, 0) is 19.4 Å². The Bertz CT molecular complexity index is 916. The molecule has 0 aromatic carbocycles. The number of rotatable bonds is 4. The quantitative estimate of drug-likeness (QED) is 0.809. The Labute approximate surface area is 164 Å². The zero-order valence-electron chi connectivity index (χ0n) is 16.3. The van der Waals surface area contributed by atoms with Crippen LogP contribution in [0.3, 0.4) is 0 Å². The summed E-state index contributed by atoms with van der Waals surface area (Å²) < 4.78 is 6.85. The molecule has 2 aromatic heterocycles. The Kier molecular flexibility index (Phi) is 5.41. The Morgan fingerprint density at radius 1 is 1.25 bits per heavy atom. The van der Waals surface area contributed by atoms with Crippen LogP contribution in [0.1, 0.15) is 47.3 Å². The number of fused-ring (bicyclic) bond motifs is 1. The predicted molar refractivity (Wildman–Crippen MR) is 105 cm³/mol. The molecule has 0 spiro atoms. The van der Waals surface area contributed by atoms with Crippen LogP contribution in [0.5, 0.6) is 5.88 Å². The van der Waals surface area contributed by atoms with Crippen molar-refractivity contribution in [3.63, 3.8) is 0 Å². The summed E-state index contributed by atoms with van der Waals surface area (Å²) >= 11 is 0. The summed E-state index contributed by atoms with van der Waals surface area (Å²) in [6.45, 7) is 1.97. The SMILES string of the molecule is COc1ncccc1C(=O)N1CCC(Cn2nc3c(cc2=O)CCCC3)CC1. The van der Waals surface area contributed by atoms with E-state index in [2.05, 4.69) is 10.1 Å². The maximum absolute atomic E-state index is 12.8. The summed E-state index contributed by atoms with van der Waals surface area (Å²) in [6, 6.07) is 5.27. The van der Waals surface area contributed by atoms with Crippen LogP contribution in [0.4, 0.5) is 0 Å². The van der Waals surface area contributed by atoms with Crippen molar-refractivity contribution in [3.05, 3.63) is 51.6 Å². The van der Waals surface area contributed by atoms with Gasteiger partial charge in [0.15, 0.2) is 0 Å². The number of nitrogens with zero attached hydrogens (tertiary/aromatic N) is 4. The Morgan fingerprint density at radius 3 is 2.82 bits per heavy atom. The lowest BCUT2D eigenvalue weighted by Gasteiger charge is -2.32. The van der Waals surface area contributed by atoms with Crippen LogP contribution in [-0.4, -0.2) is 45.8 Å². The van der Waals surface area contributed by atoms with Gasteiger partial charge in [-0.15, -0.1) is 0 Å². The van der Waals surface area contributed by atoms with E-state index in [0.717, 1.165) is 49.8 Å². The molecule has 1 saturated heterocycles. The topological polar surface area (TPSA) is 77.3 Å². The Morgan fingerprint density at radius 2 is 2.04 bits per heavy atom. The van der Waals surface area contributed by atoms with Crippen LogP contribution in [0.2, 0.25) is 0 Å². The standard InChI is InChI=1S/C21H26N4O3/c1-28-20-17(6-4-10-22-20)21(27)24-11-8-15(9-12-24)14-25-19(26)13-16-5-2-3-7-18(16)23-25/h4,6,10,13,15H,2-3,5,7-9,11-12,14H2,1H3. The molecular formula is C21H26N4O3. The lowest BCUT2D eigenvalue weighted by atomic mass is 9.95. The molecule has 28 heavy (non-hydrogen) atoms. The number of hydrogen-bond donors (Lipinski definition) is 0. The normalized spacial score (nSPS) is 17.2. The molecule has 3 heterocycles. The highest BCUT2D eigenvalue weighted by molar-refractivity contribution is 5.96. The molecule has 7 heteroatoms. The van der Waals surface area contributed by atoms with Crippen LogP contribution in [0, 0.1) is 5.92 Å². The van der Waals surface area contributed by atoms with Crippen molar-refractivity contribution in [1.29, 1.82) is 0 Å². The summed E-state index contributed by atoms with van der Waals surface area (Å²) in [5, 5.41) is 4.63. The maximum Gasteiger partial charge on any atom is 0.267 e. The van der Waals surface area contributed by atoms with Crippen molar-refractivity contribution >= 4 is 5.91 Å². The molecule has 1 fully saturated rings. The molecule has 148 valence electrons. The van der Waals surface area contributed by atoms with Gasteiger partial charge in [0, 0.05) is 31.9 Å². The molecule has 4 rings (SSSR count). The fourth-order valence-electron chi connectivity index (χ4n) is 4.18. The lowest BCUT2D eigenvalue weighted by Crippen LogP contribution is -2.40. The summed E-state index contributed by atoms with van der Waals surface area (Å²) in [5.41, 5.74) is 2.70. The zero-order valence-corrected chi connectivity index (χ0v) is 16.3. The molecule has 1 aliphatic heterocycles. The summed E-state index contributed by atoms with van der Waals surface area (Å²) in [6.07, 6.45) is 7.57. The first-order chi connectivity index (χ1) is 13.7. The molecule has 0 atom stereocenters. The van der Waals surface area contributed by atoms with Crippen molar-refractivity contribution in [2.75, 3.05) is 20.2 Å². The molecule has 7 nitrogen and oxygen atoms in total. The average Bonchev–Trinajstić information content (AvgIpc) is 2.74. The van der Waals surface area contributed by atoms with E-state index < -0.39 is 0 Å². The molecule has 2 aromatic rings. The van der Waals surface area contributed by atoms with E-state index in [-0.39, 0.29) is 11.5 Å². The fourth-order valence-corrected chi connectivity index (χ4v) is 4.18. The zero-order chi connectivity index (χ0) is 19.5. The number of likely N-dealkylation sites (tertiary alicyclic amines) is 1. The third-order valence-electron chi connectivity index (χ3n) is 5.80. The van der Waals surface area contributed by atoms with Crippen molar-refractivity contribution in [2.45, 2.75) is 45.1 Å². The minimum absolute atomic E-state index is 0.000692. The molecule has 1 aliphatic carbocycles. The van der Waals surface area contributed by atoms with Gasteiger partial charge in [-0.05, 0) is 62.1 Å². The van der Waals surface area contributed by atoms with E-state index in [1.807, 2.05) is 4.90 Å². The van der Waals surface area contributed by atoms with Gasteiger partial charge in [0.05, 0.1) is 12.8 Å². The van der Waals surface area contributed by atoms with Gasteiger partial charge < -0.3 is 9.64 Å². The highest BCUT2D eigenvalue weighted by Crippen LogP contribution is 2.23. The van der Waals surface area contributed by atoms with Gasteiger partial charge >= 0.3 is 0 Å². The molecule has 0 radical (unpaired) electrons. The van der Waals surface area contributed by atoms with Crippen molar-refractivity contribution in [2.24, 2.45) is 5.92 Å². The van der Waals surface area contributed by atoms with Crippen LogP contribution in [0.25, 0.3) is 0 Å². The number of pyridine rings is 1. The van der Waals surface area contributed by atoms with Crippen LogP contribution < -0.4 is 10.3 Å². The number of aryl methyl sites for hydroxylation is 2. The number of amides is 1. The number of methoxy groups -OCH3 is 1. The van der Waals surface area contributed by atoms with Gasteiger partial charge in [-0.2, -0.15) is 5.10 Å². The predicted octanol–water partition coefficient (Wildman–Crippen LogP) is 2.08. The number of ether oxygens (including phenoxy) is 1. The first-order valence-corrected chi connectivity index (χ1v) is 10.0. The second-order valence-corrected chi connectivity index (χ2v) is 7.64. The van der Waals surface area contributed by atoms with E-state index in [4.69, 9.17) is 4.74 Å². The molecule has 0 unspecified atom stereocenters. The van der Waals surface area contributed by atoms with E-state index in [9.17, 15) is 9.59 Å². The largest absolute Gasteiger partial charge is 0.480 e. The number of carbonyl (C=O) groups is 1. The highest BCUT2D eigenvalue weighted by atomic mass is 16.5. The molecular weight excluding hydrogens is 356 g/mol. The van der Waals surface area contributed by atoms with Gasteiger partial charge in [0.2, 0.25) is 5.88 Å². The monoisotopic (exact) mass is 382 g/mol. The van der Waals surface area contributed by atoms with Crippen molar-refractivity contribution in [1.82, 2.24) is 19.7 Å². The number of aromatic nitrogens is 3. The molecule has 0 bridgehead atoms. The first kappa shape index (κ1) is 18.7. The molecule has 1 amide bonds. The van der Waals surface area contributed by atoms with Gasteiger partial charge in [0.25, 0.3) is 11.5 Å². The number of hydrogen-bond acceptors (Lipinski definition) is 5. The molecule has 0 saturated carbocycles. The molecule has 0 N–H and O–H groups in total. The minimum Gasteiger partial charge on any atom is -0.480 e. The van der Waals surface area contributed by atoms with Crippen molar-refractivity contribution < 1.29 is 9.53 Å². The van der Waals surface area contributed by atoms with Gasteiger partial charge in [-0.1, -0.05) is 0 Å². The number of carbonyl (C=O) groups excluding carboxylic acids is 1. The highest BCUT2D eigenvalue weighted by Gasteiger charge is 2.26. The summed E-state index contributed by atoms with van der Waals surface area (Å²) in [4.78, 5) is 31.2. The van der Waals surface area contributed by atoms with Gasteiger partial charge in [-0.3, -0.25) is 9.59 Å². The second kappa shape index (κ2) is 8.12. The second-order valence-electron chi connectivity index (χ2n) is 7.64. The van der Waals surface area contributed by atoms with E-state index in [1.54, 1.807) is 29.1 Å². The summed E-state index contributed by atoms with van der Waals surface area (Å²) in [5.74, 6) is 0.665. The minimum atomic E-state index is -0.0486. The fraction of sp³-hybridized carbons (Fsp3) is 0.524. The smallest absolute Gasteiger partial charge is 0.267 e. The Balaban J connectivity index is 1.39. The van der Waals surface area contributed by atoms with Crippen molar-refractivity contribution in [3.8, 4) is 5.88 Å². The summed E-state index contributed by atoms with van der Waals surface area (Å²) in [7, 11) is 1.52. The lowest BCUT2D eigenvalue weighted by molar-refractivity contribution is 0.0676. The first-order valence-electron chi connectivity index (χ1n) is 10.0. The van der Waals surface area contributed by atoms with Gasteiger partial charge in [-0.25, -0.2) is 9.67 Å². The van der Waals surface area contributed by atoms with E-state index in [0.29, 0.717) is 37.0 Å². The maximum atomic E-state index is 12.8.